The van der Waals surface area contributed by atoms with Gasteiger partial charge in [0.05, 0.1) is 4.83 Å². The van der Waals surface area contributed by atoms with E-state index in [-0.39, 0.29) is 4.83 Å². The zero-order chi connectivity index (χ0) is 14.7. The molecule has 0 amide bonds. The number of hydrogen-bond acceptors (Lipinski definition) is 0. The van der Waals surface area contributed by atoms with Crippen LogP contribution in [0.5, 0.6) is 0 Å². The summed E-state index contributed by atoms with van der Waals surface area (Å²) in [6.45, 7) is 4.14. The molecule has 1 unspecified atom stereocenters. The first kappa shape index (κ1) is 15.2. The van der Waals surface area contributed by atoms with Crippen LogP contribution >= 0.6 is 15.9 Å². The molecular formula is C17H17BrF2. The molecule has 0 fully saturated rings. The quantitative estimate of drug-likeness (QED) is 0.639. The molecule has 3 heteroatoms. The fraction of sp³-hybridized carbons (Fsp3) is 0.294. The molecule has 0 heterocycles. The van der Waals surface area contributed by atoms with E-state index in [1.165, 1.54) is 11.6 Å². The van der Waals surface area contributed by atoms with Crippen molar-refractivity contribution in [3.8, 4) is 0 Å². The van der Waals surface area contributed by atoms with Crippen molar-refractivity contribution >= 4 is 15.9 Å². The number of rotatable bonds is 4. The van der Waals surface area contributed by atoms with Crippen LogP contribution in [-0.2, 0) is 12.8 Å². The molecule has 0 saturated heterocycles. The number of aryl methyl sites for hydroxylation is 2. The van der Waals surface area contributed by atoms with Crippen molar-refractivity contribution in [1.29, 1.82) is 0 Å². The molecule has 0 saturated carbocycles. The van der Waals surface area contributed by atoms with Gasteiger partial charge in [-0.25, -0.2) is 8.78 Å². The topological polar surface area (TPSA) is 0 Å². The van der Waals surface area contributed by atoms with Gasteiger partial charge in [0, 0.05) is 5.56 Å². The standard InChI is InChI=1S/C17H17BrF2/c1-3-11-8-9-12(4-2)14(10-11)16(18)13-6-5-7-15(19)17(13)20/h5-10,16H,3-4H2,1-2H3. The first-order valence-corrected chi connectivity index (χ1v) is 7.69. The second-order valence-corrected chi connectivity index (χ2v) is 5.66. The van der Waals surface area contributed by atoms with Crippen LogP contribution in [0.1, 0.15) is 40.9 Å². The molecule has 0 aliphatic carbocycles. The van der Waals surface area contributed by atoms with Gasteiger partial charge < -0.3 is 0 Å². The number of halogens is 3. The zero-order valence-electron chi connectivity index (χ0n) is 11.6. The summed E-state index contributed by atoms with van der Waals surface area (Å²) >= 11 is 3.53. The van der Waals surface area contributed by atoms with Crippen LogP contribution in [0.25, 0.3) is 0 Å². The van der Waals surface area contributed by atoms with E-state index in [0.717, 1.165) is 30.0 Å². The van der Waals surface area contributed by atoms with Crippen LogP contribution in [-0.4, -0.2) is 0 Å². The van der Waals surface area contributed by atoms with Crippen molar-refractivity contribution in [2.24, 2.45) is 0 Å². The van der Waals surface area contributed by atoms with Gasteiger partial charge in [-0.15, -0.1) is 0 Å². The molecule has 106 valence electrons. The smallest absolute Gasteiger partial charge is 0.163 e. The van der Waals surface area contributed by atoms with E-state index >= 15 is 0 Å². The van der Waals surface area contributed by atoms with Crippen molar-refractivity contribution in [2.75, 3.05) is 0 Å². The Kier molecular flexibility index (Phi) is 4.92. The molecule has 1 atom stereocenters. The van der Waals surface area contributed by atoms with E-state index in [2.05, 4.69) is 48.0 Å². The predicted octanol–water partition coefficient (Wildman–Crippen LogP) is 5.57. The molecule has 0 N–H and O–H groups in total. The zero-order valence-corrected chi connectivity index (χ0v) is 13.2. The maximum atomic E-state index is 14.0. The molecule has 20 heavy (non-hydrogen) atoms. The van der Waals surface area contributed by atoms with E-state index in [4.69, 9.17) is 0 Å². The monoisotopic (exact) mass is 338 g/mol. The van der Waals surface area contributed by atoms with E-state index in [9.17, 15) is 8.78 Å². The van der Waals surface area contributed by atoms with Crippen LogP contribution in [0, 0.1) is 11.6 Å². The normalized spacial score (nSPS) is 12.4. The van der Waals surface area contributed by atoms with Gasteiger partial charge in [0.1, 0.15) is 0 Å². The molecule has 0 spiro atoms. The summed E-state index contributed by atoms with van der Waals surface area (Å²) in [5.74, 6) is -1.59. The lowest BCUT2D eigenvalue weighted by molar-refractivity contribution is 0.500. The number of alkyl halides is 1. The van der Waals surface area contributed by atoms with Crippen LogP contribution in [0.4, 0.5) is 8.78 Å². The van der Waals surface area contributed by atoms with E-state index in [0.29, 0.717) is 5.56 Å². The summed E-state index contributed by atoms with van der Waals surface area (Å²) in [6, 6.07) is 10.5. The highest BCUT2D eigenvalue weighted by Crippen LogP contribution is 2.35. The molecule has 0 nitrogen and oxygen atoms in total. The molecule has 2 aromatic carbocycles. The van der Waals surface area contributed by atoms with Gasteiger partial charge in [-0.2, -0.15) is 0 Å². The summed E-state index contributed by atoms with van der Waals surface area (Å²) in [6.07, 6.45) is 1.78. The fourth-order valence-electron chi connectivity index (χ4n) is 2.31. The molecule has 0 aromatic heterocycles. The summed E-state index contributed by atoms with van der Waals surface area (Å²) in [4.78, 5) is -0.334. The molecule has 0 aliphatic heterocycles. The lowest BCUT2D eigenvalue weighted by Gasteiger charge is -2.17. The van der Waals surface area contributed by atoms with Gasteiger partial charge >= 0.3 is 0 Å². The van der Waals surface area contributed by atoms with Gasteiger partial charge in [0.2, 0.25) is 0 Å². The van der Waals surface area contributed by atoms with Gasteiger partial charge in [0.15, 0.2) is 11.6 Å². The third-order valence-electron chi connectivity index (χ3n) is 3.53. The molecule has 2 rings (SSSR count). The number of hydrogen-bond donors (Lipinski definition) is 0. The molecular weight excluding hydrogens is 322 g/mol. The Labute approximate surface area is 127 Å². The fourth-order valence-corrected chi connectivity index (χ4v) is 3.09. The minimum Gasteiger partial charge on any atom is -0.204 e. The Bertz CT molecular complexity index is 608. The lowest BCUT2D eigenvalue weighted by Crippen LogP contribution is -2.03. The summed E-state index contributed by atoms with van der Waals surface area (Å²) in [7, 11) is 0. The van der Waals surface area contributed by atoms with Crippen LogP contribution < -0.4 is 0 Å². The van der Waals surface area contributed by atoms with Gasteiger partial charge in [-0.1, -0.05) is 60.1 Å². The minimum absolute atomic E-state index is 0.334. The molecule has 0 aliphatic rings. The van der Waals surface area contributed by atoms with Crippen LogP contribution in [0.15, 0.2) is 36.4 Å². The summed E-state index contributed by atoms with van der Waals surface area (Å²) < 4.78 is 27.3. The average Bonchev–Trinajstić information content (AvgIpc) is 2.48. The van der Waals surface area contributed by atoms with Crippen LogP contribution in [0.3, 0.4) is 0 Å². The lowest BCUT2D eigenvalue weighted by atomic mass is 9.95. The summed E-state index contributed by atoms with van der Waals surface area (Å²) in [5.41, 5.74) is 3.69. The van der Waals surface area contributed by atoms with Crippen LogP contribution in [0.2, 0.25) is 0 Å². The van der Waals surface area contributed by atoms with E-state index < -0.39 is 11.6 Å². The Morgan fingerprint density at radius 1 is 1.00 bits per heavy atom. The Morgan fingerprint density at radius 3 is 2.40 bits per heavy atom. The van der Waals surface area contributed by atoms with Gasteiger partial charge in [-0.05, 0) is 35.6 Å². The first-order valence-electron chi connectivity index (χ1n) is 6.78. The molecule has 0 radical (unpaired) electrons. The highest BCUT2D eigenvalue weighted by Gasteiger charge is 2.19. The van der Waals surface area contributed by atoms with E-state index in [1.807, 2.05) is 0 Å². The third-order valence-corrected chi connectivity index (χ3v) is 4.51. The average molecular weight is 339 g/mol. The molecule has 0 bridgehead atoms. The predicted molar refractivity (Wildman–Crippen MR) is 82.3 cm³/mol. The first-order chi connectivity index (χ1) is 9.58. The van der Waals surface area contributed by atoms with Crippen molar-refractivity contribution < 1.29 is 8.78 Å². The van der Waals surface area contributed by atoms with Crippen molar-refractivity contribution in [1.82, 2.24) is 0 Å². The Balaban J connectivity index is 2.51. The SMILES string of the molecule is CCc1ccc(CC)c(C(Br)c2cccc(F)c2F)c1. The highest BCUT2D eigenvalue weighted by molar-refractivity contribution is 9.09. The highest BCUT2D eigenvalue weighted by atomic mass is 79.9. The molecule has 2 aromatic rings. The van der Waals surface area contributed by atoms with Crippen molar-refractivity contribution in [3.05, 3.63) is 70.3 Å². The summed E-state index contributed by atoms with van der Waals surface area (Å²) in [5, 5.41) is 0. The maximum Gasteiger partial charge on any atom is 0.163 e. The number of benzene rings is 2. The van der Waals surface area contributed by atoms with E-state index in [1.54, 1.807) is 6.07 Å². The Hall–Kier alpha value is -1.22. The largest absolute Gasteiger partial charge is 0.204 e. The minimum atomic E-state index is -0.809. The second kappa shape index (κ2) is 6.49. The van der Waals surface area contributed by atoms with Crippen molar-refractivity contribution in [2.45, 2.75) is 31.5 Å². The van der Waals surface area contributed by atoms with Crippen molar-refractivity contribution in [3.63, 3.8) is 0 Å². The maximum absolute atomic E-state index is 14.0. The van der Waals surface area contributed by atoms with Gasteiger partial charge in [-0.3, -0.25) is 0 Å². The van der Waals surface area contributed by atoms with Gasteiger partial charge in [0.25, 0.3) is 0 Å². The Morgan fingerprint density at radius 2 is 1.75 bits per heavy atom. The second-order valence-electron chi connectivity index (χ2n) is 4.75. The third kappa shape index (κ3) is 2.93.